The Morgan fingerprint density at radius 3 is 0.871 bits per heavy atom. The molecule has 0 atom stereocenters. The molecule has 374 valence electrons. The maximum Gasteiger partial charge on any atom is 0.202 e. The molecule has 0 aliphatic carbocycles. The quantitative estimate of drug-likeness (QED) is 0.0405. The standard InChI is InChI=1S/C48H36Cl18N4/c49-35-19-7-1-13-29(35)41(55,56)47(69-28-27-68-26-25-67,42(57,58)30-14-2-8-20-36(30)50)48(43(59,60)31-15-3-9-21-37(31)51,44(61,62)32-16-4-10-22-38(32)52)70(45(63,64)33-17-5-11-23-39(33)53)46(65,66)34-18-6-12-24-40(34)54/h1-24,68-69H,25-28,67H2. The van der Waals surface area contributed by atoms with E-state index < -0.39 is 37.3 Å². The zero-order valence-electron chi connectivity index (χ0n) is 35.5. The van der Waals surface area contributed by atoms with Gasteiger partial charge in [-0.05, 0) is 36.4 Å². The highest BCUT2D eigenvalue weighted by atomic mass is 35.6. The van der Waals surface area contributed by atoms with Gasteiger partial charge in [-0.2, -0.15) is 0 Å². The van der Waals surface area contributed by atoms with Gasteiger partial charge in [0.2, 0.25) is 8.91 Å². The summed E-state index contributed by atoms with van der Waals surface area (Å²) in [4.78, 5) is 0.946. The number of hydrogen-bond acceptors (Lipinski definition) is 4. The van der Waals surface area contributed by atoms with Crippen LogP contribution in [0.5, 0.6) is 0 Å². The van der Waals surface area contributed by atoms with Gasteiger partial charge in [0, 0.05) is 89.7 Å². The summed E-state index contributed by atoms with van der Waals surface area (Å²) in [7, 11) is 0. The molecular weight excluding hydrogens is 1270 g/mol. The fourth-order valence-electron chi connectivity index (χ4n) is 8.59. The van der Waals surface area contributed by atoms with E-state index in [2.05, 4.69) is 10.6 Å². The summed E-state index contributed by atoms with van der Waals surface area (Å²) in [5, 5.41) is 6.25. The number of alkyl halides is 12. The molecule has 0 radical (unpaired) electrons. The normalized spacial score (nSPS) is 13.5. The van der Waals surface area contributed by atoms with Crippen molar-refractivity contribution in [3.05, 3.63) is 209 Å². The van der Waals surface area contributed by atoms with Crippen molar-refractivity contribution in [2.45, 2.75) is 37.3 Å². The van der Waals surface area contributed by atoms with Gasteiger partial charge in [0.1, 0.15) is 11.1 Å². The van der Waals surface area contributed by atoms with E-state index in [4.69, 9.17) is 215 Å². The smallest absolute Gasteiger partial charge is 0.202 e. The summed E-state index contributed by atoms with van der Waals surface area (Å²) in [5.74, 6) is 0. The molecule has 0 saturated carbocycles. The molecule has 0 spiro atoms. The first-order chi connectivity index (χ1) is 32.8. The number of hydrogen-bond donors (Lipinski definition) is 3. The van der Waals surface area contributed by atoms with Gasteiger partial charge in [0.25, 0.3) is 0 Å². The molecule has 0 aliphatic rings. The number of rotatable bonds is 20. The van der Waals surface area contributed by atoms with E-state index in [-0.39, 0.29) is 83.2 Å². The van der Waals surface area contributed by atoms with Crippen LogP contribution in [-0.2, 0) is 26.2 Å². The zero-order chi connectivity index (χ0) is 51.7. The van der Waals surface area contributed by atoms with Crippen LogP contribution >= 0.6 is 209 Å². The van der Waals surface area contributed by atoms with Crippen LogP contribution < -0.4 is 16.4 Å². The molecule has 0 amide bonds. The summed E-state index contributed by atoms with van der Waals surface area (Å²) in [5.41, 5.74) is -1.35. The highest BCUT2D eigenvalue weighted by Crippen LogP contribution is 2.78. The minimum atomic E-state index is -3.35. The molecule has 4 N–H and O–H groups in total. The topological polar surface area (TPSA) is 53.3 Å². The van der Waals surface area contributed by atoms with Crippen LogP contribution in [0.1, 0.15) is 33.4 Å². The molecule has 70 heavy (non-hydrogen) atoms. The first-order valence-electron chi connectivity index (χ1n) is 20.5. The Morgan fingerprint density at radius 1 is 0.343 bits per heavy atom. The molecule has 0 fully saturated rings. The molecule has 6 rings (SSSR count). The summed E-state index contributed by atoms with van der Waals surface area (Å²) < 4.78 is -17.6. The van der Waals surface area contributed by atoms with Gasteiger partial charge in [0.05, 0.1) is 0 Å². The maximum atomic E-state index is 8.51. The molecule has 6 aromatic rings. The van der Waals surface area contributed by atoms with Crippen molar-refractivity contribution in [2.24, 2.45) is 5.73 Å². The molecule has 0 aliphatic heterocycles. The van der Waals surface area contributed by atoms with E-state index in [0.717, 1.165) is 4.90 Å². The third-order valence-electron chi connectivity index (χ3n) is 11.5. The summed E-state index contributed by atoms with van der Waals surface area (Å²) in [6.45, 7) is 0.304. The number of nitrogens with two attached hydrogens (primary N) is 1. The second-order valence-corrected chi connectivity index (χ2v) is 25.8. The Hall–Kier alpha value is 0.380. The molecule has 0 bridgehead atoms. The number of nitrogens with zero attached hydrogens (tertiary/aromatic N) is 1. The zero-order valence-corrected chi connectivity index (χ0v) is 49.1. The van der Waals surface area contributed by atoms with E-state index in [1.54, 1.807) is 72.8 Å². The lowest BCUT2D eigenvalue weighted by Crippen LogP contribution is -2.90. The van der Waals surface area contributed by atoms with E-state index in [1.165, 1.54) is 72.8 Å². The lowest BCUT2D eigenvalue weighted by Gasteiger charge is -2.72. The lowest BCUT2D eigenvalue weighted by molar-refractivity contribution is -0.0917. The first-order valence-corrected chi connectivity index (χ1v) is 27.3. The van der Waals surface area contributed by atoms with E-state index in [9.17, 15) is 0 Å². The molecule has 0 saturated heterocycles. The highest BCUT2D eigenvalue weighted by Gasteiger charge is 2.88. The van der Waals surface area contributed by atoms with Crippen molar-refractivity contribution < 1.29 is 0 Å². The lowest BCUT2D eigenvalue weighted by atomic mass is 9.60. The van der Waals surface area contributed by atoms with Gasteiger partial charge < -0.3 is 16.4 Å². The van der Waals surface area contributed by atoms with Crippen LogP contribution in [0, 0.1) is 0 Å². The molecule has 22 heteroatoms. The number of halogens is 18. The van der Waals surface area contributed by atoms with Crippen molar-refractivity contribution in [2.75, 3.05) is 26.2 Å². The second kappa shape index (κ2) is 23.5. The van der Waals surface area contributed by atoms with Gasteiger partial charge >= 0.3 is 0 Å². The van der Waals surface area contributed by atoms with Gasteiger partial charge in [-0.1, -0.05) is 318 Å². The van der Waals surface area contributed by atoms with Crippen molar-refractivity contribution in [3.63, 3.8) is 0 Å². The Bertz CT molecular complexity index is 2610. The summed E-state index contributed by atoms with van der Waals surface area (Å²) >= 11 is 144. The van der Waals surface area contributed by atoms with Crippen LogP contribution in [0.3, 0.4) is 0 Å². The average molecular weight is 1310 g/mol. The fourth-order valence-corrected chi connectivity index (χ4v) is 17.2. The Morgan fingerprint density at radius 2 is 0.600 bits per heavy atom. The van der Waals surface area contributed by atoms with Crippen LogP contribution in [0.25, 0.3) is 0 Å². The van der Waals surface area contributed by atoms with E-state index in [1.807, 2.05) is 0 Å². The average Bonchev–Trinajstić information content (AvgIpc) is 3.29. The van der Waals surface area contributed by atoms with E-state index in [0.29, 0.717) is 6.54 Å². The largest absolute Gasteiger partial charge is 0.329 e. The Labute approximate surface area is 497 Å². The Balaban J connectivity index is 2.16. The maximum absolute atomic E-state index is 8.51. The van der Waals surface area contributed by atoms with Gasteiger partial charge in [-0.25, -0.2) is 4.90 Å². The minimum absolute atomic E-state index is 0.0376. The van der Waals surface area contributed by atoms with Gasteiger partial charge in [-0.15, -0.1) is 0 Å². The predicted molar refractivity (Wildman–Crippen MR) is 306 cm³/mol. The van der Waals surface area contributed by atoms with E-state index >= 15 is 0 Å². The van der Waals surface area contributed by atoms with Crippen molar-refractivity contribution in [1.29, 1.82) is 0 Å². The summed E-state index contributed by atoms with van der Waals surface area (Å²) in [6, 6.07) is 36.9. The molecule has 0 unspecified atom stereocenters. The molecule has 0 heterocycles. The SMILES string of the molecule is NCCNCCNC(C(Cl)(Cl)c1ccccc1Cl)(C(Cl)(Cl)c1ccccc1Cl)C(N(C(Cl)(Cl)c1ccccc1Cl)C(Cl)(Cl)c1ccccc1Cl)(C(Cl)(Cl)c1ccccc1Cl)C(Cl)(Cl)c1ccccc1Cl. The van der Waals surface area contributed by atoms with Crippen LogP contribution in [0.15, 0.2) is 146 Å². The van der Waals surface area contributed by atoms with Gasteiger partial charge in [-0.3, -0.25) is 0 Å². The monoisotopic (exact) mass is 1300 g/mol. The third-order valence-corrected chi connectivity index (χ3v) is 18.9. The predicted octanol–water partition coefficient (Wildman–Crippen LogP) is 18.7. The number of nitrogens with one attached hydrogen (secondary N) is 2. The molecule has 0 aromatic heterocycles. The van der Waals surface area contributed by atoms with Crippen molar-refractivity contribution >= 4 is 209 Å². The highest BCUT2D eigenvalue weighted by molar-refractivity contribution is 6.60. The van der Waals surface area contributed by atoms with Gasteiger partial charge in [0.15, 0.2) is 17.3 Å². The van der Waals surface area contributed by atoms with Crippen molar-refractivity contribution in [3.8, 4) is 0 Å². The second-order valence-electron chi connectivity index (χ2n) is 15.5. The fraction of sp³-hybridized carbons (Fsp3) is 0.250. The molecule has 4 nitrogen and oxygen atoms in total. The van der Waals surface area contributed by atoms with Crippen LogP contribution in [0.4, 0.5) is 0 Å². The Kier molecular flexibility index (Phi) is 20.1. The molecular formula is C48H36Cl18N4. The first kappa shape index (κ1) is 59.6. The number of benzene rings is 6. The molecule has 6 aromatic carbocycles. The minimum Gasteiger partial charge on any atom is -0.329 e. The van der Waals surface area contributed by atoms with Crippen LogP contribution in [0.2, 0.25) is 30.1 Å². The third kappa shape index (κ3) is 10.3. The van der Waals surface area contributed by atoms with Crippen LogP contribution in [-0.4, -0.2) is 42.2 Å². The summed E-state index contributed by atoms with van der Waals surface area (Å²) in [6.07, 6.45) is 0. The van der Waals surface area contributed by atoms with Crippen molar-refractivity contribution in [1.82, 2.24) is 15.5 Å².